The minimum atomic E-state index is -0.689. The molecule has 1 N–H and O–H groups in total. The van der Waals surface area contributed by atoms with Gasteiger partial charge in [-0.3, -0.25) is 9.80 Å². The summed E-state index contributed by atoms with van der Waals surface area (Å²) in [6.07, 6.45) is 0. The quantitative estimate of drug-likeness (QED) is 0.914. The normalized spacial score (nSPS) is 18.4. The van der Waals surface area contributed by atoms with E-state index < -0.39 is 17.2 Å². The molecule has 3 nitrogen and oxygen atoms in total. The first-order valence-corrected chi connectivity index (χ1v) is 6.94. The van der Waals surface area contributed by atoms with E-state index in [1.807, 2.05) is 0 Å². The second-order valence-corrected chi connectivity index (χ2v) is 6.10. The van der Waals surface area contributed by atoms with E-state index in [0.29, 0.717) is 18.7 Å². The van der Waals surface area contributed by atoms with Crippen molar-refractivity contribution in [3.05, 3.63) is 35.4 Å². The molecule has 0 aromatic heterocycles. The van der Waals surface area contributed by atoms with Crippen molar-refractivity contribution in [2.24, 2.45) is 0 Å². The van der Waals surface area contributed by atoms with E-state index in [4.69, 9.17) is 0 Å². The molecule has 1 aromatic rings. The molecule has 0 amide bonds. The summed E-state index contributed by atoms with van der Waals surface area (Å²) in [6.45, 7) is 8.11. The molecule has 0 aliphatic carbocycles. The number of β-amino-alcohol motifs (C(OH)–C–C–N with tert-alkyl or cyclic N) is 1. The highest BCUT2D eigenvalue weighted by Gasteiger charge is 2.23. The van der Waals surface area contributed by atoms with Crippen molar-refractivity contribution < 1.29 is 13.9 Å². The van der Waals surface area contributed by atoms with E-state index in [2.05, 4.69) is 9.80 Å². The highest BCUT2D eigenvalue weighted by atomic mass is 19.1. The summed E-state index contributed by atoms with van der Waals surface area (Å²) in [5, 5.41) is 9.79. The largest absolute Gasteiger partial charge is 0.389 e. The smallest absolute Gasteiger partial charge is 0.130 e. The summed E-state index contributed by atoms with van der Waals surface area (Å²) in [5.74, 6) is -1.02. The van der Waals surface area contributed by atoms with Crippen LogP contribution in [-0.2, 0) is 6.54 Å². The van der Waals surface area contributed by atoms with Gasteiger partial charge in [0.25, 0.3) is 0 Å². The van der Waals surface area contributed by atoms with Crippen molar-refractivity contribution in [2.45, 2.75) is 26.0 Å². The lowest BCUT2D eigenvalue weighted by atomic mass is 10.1. The number of piperazine rings is 1. The number of hydrogen-bond acceptors (Lipinski definition) is 3. The fourth-order valence-corrected chi connectivity index (χ4v) is 2.54. The van der Waals surface area contributed by atoms with Crippen LogP contribution in [0.1, 0.15) is 19.4 Å². The predicted octanol–water partition coefficient (Wildman–Crippen LogP) is 1.85. The van der Waals surface area contributed by atoms with Crippen LogP contribution in [0.2, 0.25) is 0 Å². The Labute approximate surface area is 118 Å². The molecule has 112 valence electrons. The van der Waals surface area contributed by atoms with Crippen molar-refractivity contribution >= 4 is 0 Å². The molecular weight excluding hydrogens is 262 g/mol. The molecular formula is C15H22F2N2O. The van der Waals surface area contributed by atoms with Crippen LogP contribution in [-0.4, -0.2) is 53.2 Å². The van der Waals surface area contributed by atoms with Gasteiger partial charge in [-0.05, 0) is 19.9 Å². The molecule has 0 bridgehead atoms. The van der Waals surface area contributed by atoms with Crippen LogP contribution in [0.5, 0.6) is 0 Å². The molecule has 20 heavy (non-hydrogen) atoms. The van der Waals surface area contributed by atoms with Gasteiger partial charge in [-0.25, -0.2) is 8.78 Å². The number of nitrogens with zero attached hydrogens (tertiary/aromatic N) is 2. The maximum Gasteiger partial charge on any atom is 0.130 e. The van der Waals surface area contributed by atoms with Gasteiger partial charge in [0.15, 0.2) is 0 Å². The zero-order valence-electron chi connectivity index (χ0n) is 12.1. The van der Waals surface area contributed by atoms with Gasteiger partial charge < -0.3 is 5.11 Å². The summed E-state index contributed by atoms with van der Waals surface area (Å²) in [4.78, 5) is 4.36. The average Bonchev–Trinajstić information content (AvgIpc) is 2.33. The lowest BCUT2D eigenvalue weighted by Gasteiger charge is -2.37. The Hall–Kier alpha value is -1.04. The number of hydrogen-bond donors (Lipinski definition) is 1. The molecule has 1 fully saturated rings. The third kappa shape index (κ3) is 4.51. The van der Waals surface area contributed by atoms with E-state index in [1.54, 1.807) is 13.8 Å². The summed E-state index contributed by atoms with van der Waals surface area (Å²) in [5.41, 5.74) is -0.159. The number of aliphatic hydroxyl groups is 1. The standard InChI is InChI=1S/C15H22F2N2O/c1-15(2,20)11-19-7-5-18(6-8-19)10-12-3-4-13(16)9-14(12)17/h3-4,9,20H,5-8,10-11H2,1-2H3. The zero-order chi connectivity index (χ0) is 14.8. The van der Waals surface area contributed by atoms with Crippen LogP contribution >= 0.6 is 0 Å². The minimum Gasteiger partial charge on any atom is -0.389 e. The summed E-state index contributed by atoms with van der Waals surface area (Å²) < 4.78 is 26.4. The van der Waals surface area contributed by atoms with E-state index in [9.17, 15) is 13.9 Å². The van der Waals surface area contributed by atoms with Gasteiger partial charge in [-0.15, -0.1) is 0 Å². The second-order valence-electron chi connectivity index (χ2n) is 6.10. The minimum absolute atomic E-state index is 0.482. The van der Waals surface area contributed by atoms with E-state index in [1.165, 1.54) is 12.1 Å². The molecule has 0 unspecified atom stereocenters. The number of rotatable bonds is 4. The van der Waals surface area contributed by atoms with Crippen molar-refractivity contribution in [3.8, 4) is 0 Å². The topological polar surface area (TPSA) is 26.7 Å². The molecule has 0 spiro atoms. The van der Waals surface area contributed by atoms with Crippen LogP contribution in [0.4, 0.5) is 8.78 Å². The maximum absolute atomic E-state index is 13.6. The van der Waals surface area contributed by atoms with E-state index in [-0.39, 0.29) is 0 Å². The monoisotopic (exact) mass is 284 g/mol. The second kappa shape index (κ2) is 6.16. The summed E-state index contributed by atoms with van der Waals surface area (Å²) >= 11 is 0. The maximum atomic E-state index is 13.6. The van der Waals surface area contributed by atoms with Crippen LogP contribution in [0, 0.1) is 11.6 Å². The Balaban J connectivity index is 1.85. The molecule has 1 aliphatic heterocycles. The van der Waals surface area contributed by atoms with E-state index in [0.717, 1.165) is 32.2 Å². The first-order chi connectivity index (χ1) is 9.33. The van der Waals surface area contributed by atoms with Gasteiger partial charge in [0.2, 0.25) is 0 Å². The molecule has 2 rings (SSSR count). The number of halogens is 2. The molecule has 1 saturated heterocycles. The highest BCUT2D eigenvalue weighted by molar-refractivity contribution is 5.18. The van der Waals surface area contributed by atoms with Crippen molar-refractivity contribution in [1.82, 2.24) is 9.80 Å². The Morgan fingerprint density at radius 3 is 2.25 bits per heavy atom. The average molecular weight is 284 g/mol. The molecule has 5 heteroatoms. The highest BCUT2D eigenvalue weighted by Crippen LogP contribution is 2.14. The lowest BCUT2D eigenvalue weighted by molar-refractivity contribution is 0.0165. The third-order valence-corrected chi connectivity index (χ3v) is 3.48. The van der Waals surface area contributed by atoms with Crippen LogP contribution in [0.15, 0.2) is 18.2 Å². The van der Waals surface area contributed by atoms with Gasteiger partial charge in [0.05, 0.1) is 5.60 Å². The fourth-order valence-electron chi connectivity index (χ4n) is 2.54. The predicted molar refractivity (Wildman–Crippen MR) is 74.4 cm³/mol. The van der Waals surface area contributed by atoms with Gasteiger partial charge in [-0.2, -0.15) is 0 Å². The van der Waals surface area contributed by atoms with Gasteiger partial charge in [0, 0.05) is 50.9 Å². The van der Waals surface area contributed by atoms with E-state index >= 15 is 0 Å². The Morgan fingerprint density at radius 1 is 1.10 bits per heavy atom. The van der Waals surface area contributed by atoms with Gasteiger partial charge in [-0.1, -0.05) is 6.07 Å². The first kappa shape index (κ1) is 15.4. The molecule has 0 radical (unpaired) electrons. The summed E-state index contributed by atoms with van der Waals surface area (Å²) in [7, 11) is 0. The third-order valence-electron chi connectivity index (χ3n) is 3.48. The zero-order valence-corrected chi connectivity index (χ0v) is 12.1. The Bertz CT molecular complexity index is 452. The Kier molecular flexibility index (Phi) is 4.73. The molecule has 1 aliphatic rings. The van der Waals surface area contributed by atoms with Crippen molar-refractivity contribution in [3.63, 3.8) is 0 Å². The van der Waals surface area contributed by atoms with Gasteiger partial charge >= 0.3 is 0 Å². The van der Waals surface area contributed by atoms with Gasteiger partial charge in [0.1, 0.15) is 11.6 Å². The molecule has 0 saturated carbocycles. The van der Waals surface area contributed by atoms with Crippen LogP contribution < -0.4 is 0 Å². The van der Waals surface area contributed by atoms with Crippen molar-refractivity contribution in [2.75, 3.05) is 32.7 Å². The first-order valence-electron chi connectivity index (χ1n) is 6.94. The SMILES string of the molecule is CC(C)(O)CN1CCN(Cc2ccc(F)cc2F)CC1. The lowest BCUT2D eigenvalue weighted by Crippen LogP contribution is -2.50. The Morgan fingerprint density at radius 2 is 1.70 bits per heavy atom. The molecule has 0 atom stereocenters. The van der Waals surface area contributed by atoms with Crippen LogP contribution in [0.3, 0.4) is 0 Å². The van der Waals surface area contributed by atoms with Crippen molar-refractivity contribution in [1.29, 1.82) is 0 Å². The fraction of sp³-hybridized carbons (Fsp3) is 0.600. The summed E-state index contributed by atoms with van der Waals surface area (Å²) in [6, 6.07) is 3.73. The van der Waals surface area contributed by atoms with Crippen LogP contribution in [0.25, 0.3) is 0 Å². The molecule has 1 aromatic carbocycles. The molecule has 1 heterocycles. The number of benzene rings is 1.